The molecule has 0 spiro atoms. The lowest BCUT2D eigenvalue weighted by atomic mass is 10.1. The number of hydrogen-bond acceptors (Lipinski definition) is 6. The van der Waals surface area contributed by atoms with Crippen LogP contribution in [0.2, 0.25) is 0 Å². The molecule has 0 saturated carbocycles. The van der Waals surface area contributed by atoms with Gasteiger partial charge in [0.15, 0.2) is 23.2 Å². The minimum absolute atomic E-state index is 0.0225. The number of aliphatic carboxylic acids is 1. The largest absolute Gasteiger partial charge is 0.481 e. The monoisotopic (exact) mass is 577 g/mol. The molecule has 0 fully saturated rings. The Hall–Kier alpha value is -5.01. The number of carbonyl (C=O) groups excluding carboxylic acids is 3. The smallest absolute Gasteiger partial charge is 0.305 e. The van der Waals surface area contributed by atoms with Crippen LogP contribution in [0.5, 0.6) is 5.75 Å². The summed E-state index contributed by atoms with van der Waals surface area (Å²) in [6.45, 7) is 0.264. The van der Waals surface area contributed by atoms with Crippen LogP contribution < -0.4 is 20.9 Å². The number of carboxylic acid groups (broad SMARTS) is 1. The van der Waals surface area contributed by atoms with Crippen molar-refractivity contribution in [3.63, 3.8) is 0 Å². The van der Waals surface area contributed by atoms with Crippen LogP contribution in [0.25, 0.3) is 0 Å². The van der Waals surface area contributed by atoms with Gasteiger partial charge in [-0.15, -0.1) is 0 Å². The fraction of sp³-hybridized carbons (Fsp3) is 0.222. The van der Waals surface area contributed by atoms with Crippen molar-refractivity contribution in [2.45, 2.75) is 31.8 Å². The van der Waals surface area contributed by atoms with Gasteiger partial charge in [-0.2, -0.15) is 8.78 Å². The van der Waals surface area contributed by atoms with E-state index in [0.717, 1.165) is 4.57 Å². The van der Waals surface area contributed by atoms with Gasteiger partial charge in [0, 0.05) is 17.8 Å². The molecule has 14 heteroatoms. The first-order valence-electron chi connectivity index (χ1n) is 12.0. The highest BCUT2D eigenvalue weighted by molar-refractivity contribution is 6.04. The Morgan fingerprint density at radius 3 is 2.20 bits per heavy atom. The number of anilines is 1. The molecule has 0 saturated heterocycles. The lowest BCUT2D eigenvalue weighted by Gasteiger charge is -2.22. The van der Waals surface area contributed by atoms with Crippen molar-refractivity contribution in [3.8, 4) is 5.75 Å². The number of halogens is 4. The van der Waals surface area contributed by atoms with E-state index in [9.17, 15) is 46.6 Å². The number of carboxylic acids is 1. The van der Waals surface area contributed by atoms with Gasteiger partial charge in [-0.25, -0.2) is 8.78 Å². The number of nitrogens with zero attached hydrogens (tertiary/aromatic N) is 1. The Morgan fingerprint density at radius 2 is 1.61 bits per heavy atom. The topological polar surface area (TPSA) is 144 Å². The third kappa shape index (κ3) is 7.35. The van der Waals surface area contributed by atoms with Crippen molar-refractivity contribution < 1.29 is 46.6 Å². The molecule has 3 aromatic rings. The Labute approximate surface area is 229 Å². The van der Waals surface area contributed by atoms with Crippen LogP contribution in [0, 0.1) is 23.3 Å². The average Bonchev–Trinajstić information content (AvgIpc) is 2.94. The molecular weight excluding hydrogens is 554 g/mol. The van der Waals surface area contributed by atoms with Crippen molar-refractivity contribution in [2.24, 2.45) is 0 Å². The average molecular weight is 577 g/mol. The molecule has 0 bridgehead atoms. The molecular formula is C27H23F4N3O7. The van der Waals surface area contributed by atoms with Gasteiger partial charge in [0.25, 0.3) is 11.5 Å². The quantitative estimate of drug-likeness (QED) is 0.222. The van der Waals surface area contributed by atoms with E-state index in [4.69, 9.17) is 0 Å². The molecule has 3 rings (SSSR count). The van der Waals surface area contributed by atoms with Crippen LogP contribution in [-0.2, 0) is 14.4 Å². The van der Waals surface area contributed by atoms with Crippen molar-refractivity contribution in [2.75, 3.05) is 11.9 Å². The third-order valence-electron chi connectivity index (χ3n) is 5.80. The van der Waals surface area contributed by atoms with E-state index >= 15 is 0 Å². The second kappa shape index (κ2) is 13.4. The van der Waals surface area contributed by atoms with Gasteiger partial charge in [0.2, 0.25) is 17.5 Å². The zero-order valence-electron chi connectivity index (χ0n) is 21.3. The van der Waals surface area contributed by atoms with Crippen molar-refractivity contribution in [1.29, 1.82) is 0 Å². The lowest BCUT2D eigenvalue weighted by Crippen LogP contribution is -2.48. The highest BCUT2D eigenvalue weighted by Gasteiger charge is 2.30. The molecule has 1 aromatic heterocycles. The molecule has 2 atom stereocenters. The summed E-state index contributed by atoms with van der Waals surface area (Å²) in [5, 5.41) is 13.8. The molecule has 3 N–H and O–H groups in total. The summed E-state index contributed by atoms with van der Waals surface area (Å²) in [6, 6.07) is 7.52. The van der Waals surface area contributed by atoms with Gasteiger partial charge < -0.3 is 25.0 Å². The normalized spacial score (nSPS) is 12.2. The first-order chi connectivity index (χ1) is 19.4. The van der Waals surface area contributed by atoms with Gasteiger partial charge in [-0.05, 0) is 30.7 Å². The predicted molar refractivity (Wildman–Crippen MR) is 135 cm³/mol. The van der Waals surface area contributed by atoms with Gasteiger partial charge in [-0.3, -0.25) is 24.0 Å². The highest BCUT2D eigenvalue weighted by Crippen LogP contribution is 2.26. The Morgan fingerprint density at radius 1 is 0.976 bits per heavy atom. The van der Waals surface area contributed by atoms with E-state index in [1.165, 1.54) is 37.4 Å². The second-order valence-electron chi connectivity index (χ2n) is 8.59. The van der Waals surface area contributed by atoms with Crippen molar-refractivity contribution in [3.05, 3.63) is 93.9 Å². The molecule has 0 unspecified atom stereocenters. The number of benzene rings is 2. The predicted octanol–water partition coefficient (Wildman–Crippen LogP) is 3.22. The number of rotatable bonds is 12. The first-order valence-corrected chi connectivity index (χ1v) is 12.0. The molecule has 10 nitrogen and oxygen atoms in total. The van der Waals surface area contributed by atoms with E-state index in [1.807, 2.05) is 0 Å². The number of pyridine rings is 1. The van der Waals surface area contributed by atoms with E-state index in [1.54, 1.807) is 18.2 Å². The minimum atomic E-state index is -1.92. The van der Waals surface area contributed by atoms with Gasteiger partial charge >= 0.3 is 5.97 Å². The van der Waals surface area contributed by atoms with Crippen LogP contribution in [-0.4, -0.2) is 45.9 Å². The van der Waals surface area contributed by atoms with E-state index in [2.05, 4.69) is 15.4 Å². The molecule has 0 aliphatic heterocycles. The summed E-state index contributed by atoms with van der Waals surface area (Å²) < 4.78 is 60.1. The lowest BCUT2D eigenvalue weighted by molar-refractivity contribution is -0.140. The summed E-state index contributed by atoms with van der Waals surface area (Å²) in [5.41, 5.74) is -0.669. The highest BCUT2D eigenvalue weighted by atomic mass is 19.2. The molecule has 41 heavy (non-hydrogen) atoms. The molecule has 1 heterocycles. The number of Topliss-reactive ketones (excluding diaryl/α,β-unsaturated/α-hetero) is 1. The fourth-order valence-corrected chi connectivity index (χ4v) is 3.75. The van der Waals surface area contributed by atoms with Crippen molar-refractivity contribution in [1.82, 2.24) is 9.88 Å². The zero-order valence-corrected chi connectivity index (χ0v) is 21.3. The molecule has 0 aliphatic carbocycles. The van der Waals surface area contributed by atoms with Crippen molar-refractivity contribution >= 4 is 29.3 Å². The van der Waals surface area contributed by atoms with Crippen LogP contribution in [0.1, 0.15) is 36.2 Å². The fourth-order valence-electron chi connectivity index (χ4n) is 3.75. The van der Waals surface area contributed by atoms with Crippen LogP contribution in [0.15, 0.2) is 59.5 Å². The number of ketones is 1. The molecule has 0 aliphatic rings. The Kier molecular flexibility index (Phi) is 9.95. The van der Waals surface area contributed by atoms with Crippen LogP contribution in [0.4, 0.5) is 23.2 Å². The Bertz CT molecular complexity index is 1500. The SMILES string of the molecule is CC[C@@H](C(=O)N[C@@H](CC(=O)O)C(=O)COc1c(F)c(F)cc(F)c1F)n1cccc(NC(=O)c2ccccc2)c1=O. The molecule has 2 amide bonds. The van der Waals surface area contributed by atoms with E-state index in [0.29, 0.717) is 0 Å². The number of carbonyl (C=O) groups is 4. The number of hydrogen-bond donors (Lipinski definition) is 3. The van der Waals surface area contributed by atoms with Crippen LogP contribution in [0.3, 0.4) is 0 Å². The standard InChI is InChI=1S/C27H23F4N3O7/c1-2-19(34-10-6-9-17(27(34)40)32-25(38)14-7-4-3-5-8-14)26(39)33-18(12-21(36)37)20(35)13-41-24-22(30)15(28)11-16(29)23(24)31/h3-11,18-19H,2,12-13H2,1H3,(H,32,38)(H,33,39)(H,36,37)/t18-,19-/m0/s1. The van der Waals surface area contributed by atoms with Gasteiger partial charge in [0.05, 0.1) is 6.42 Å². The molecule has 0 radical (unpaired) electrons. The third-order valence-corrected chi connectivity index (χ3v) is 5.80. The number of nitrogens with one attached hydrogen (secondary N) is 2. The first kappa shape index (κ1) is 30.5. The maximum atomic E-state index is 13.9. The zero-order chi connectivity index (χ0) is 30.3. The minimum Gasteiger partial charge on any atom is -0.481 e. The van der Waals surface area contributed by atoms with Gasteiger partial charge in [0.1, 0.15) is 24.4 Å². The number of aromatic nitrogens is 1. The second-order valence-corrected chi connectivity index (χ2v) is 8.59. The summed E-state index contributed by atoms with van der Waals surface area (Å²) in [5.74, 6) is -13.3. The molecule has 216 valence electrons. The van der Waals surface area contributed by atoms with Crippen LogP contribution >= 0.6 is 0 Å². The maximum absolute atomic E-state index is 13.9. The maximum Gasteiger partial charge on any atom is 0.305 e. The summed E-state index contributed by atoms with van der Waals surface area (Å²) in [6.07, 6.45) is 0.232. The number of amides is 2. The van der Waals surface area contributed by atoms with E-state index < -0.39 is 83.3 Å². The number of ether oxygens (including phenoxy) is 1. The Balaban J connectivity index is 1.79. The summed E-state index contributed by atoms with van der Waals surface area (Å²) in [4.78, 5) is 62.6. The summed E-state index contributed by atoms with van der Waals surface area (Å²) >= 11 is 0. The summed E-state index contributed by atoms with van der Waals surface area (Å²) in [7, 11) is 0. The van der Waals surface area contributed by atoms with Gasteiger partial charge in [-0.1, -0.05) is 25.1 Å². The van der Waals surface area contributed by atoms with E-state index in [-0.39, 0.29) is 23.7 Å². The molecule has 2 aromatic carbocycles.